The van der Waals surface area contributed by atoms with Gasteiger partial charge in [-0.25, -0.2) is 0 Å². The lowest BCUT2D eigenvalue weighted by Gasteiger charge is -2.19. The molecule has 0 spiro atoms. The number of hydrogen-bond donors (Lipinski definition) is 1. The smallest absolute Gasteiger partial charge is 0.263 e. The molecule has 0 saturated carbocycles. The van der Waals surface area contributed by atoms with Crippen LogP contribution in [0, 0.1) is 6.92 Å². The van der Waals surface area contributed by atoms with Crippen molar-refractivity contribution in [3.63, 3.8) is 0 Å². The monoisotopic (exact) mass is 281 g/mol. The Morgan fingerprint density at radius 2 is 2.00 bits per heavy atom. The number of halogens is 1. The van der Waals surface area contributed by atoms with E-state index in [4.69, 9.17) is 11.6 Å². The summed E-state index contributed by atoms with van der Waals surface area (Å²) in [7, 11) is 0. The van der Waals surface area contributed by atoms with Gasteiger partial charge in [0.2, 0.25) is 0 Å². The van der Waals surface area contributed by atoms with E-state index in [-0.39, 0.29) is 11.4 Å². The zero-order valence-electron chi connectivity index (χ0n) is 10.9. The maximum atomic E-state index is 12.2. The number of nitrogens with one attached hydrogen (secondary N) is 1. The fourth-order valence-corrected chi connectivity index (χ4v) is 3.23. The highest BCUT2D eigenvalue weighted by molar-refractivity contribution is 7.21. The van der Waals surface area contributed by atoms with Crippen molar-refractivity contribution >= 4 is 38.9 Å². The van der Waals surface area contributed by atoms with Crippen molar-refractivity contribution in [2.24, 2.45) is 0 Å². The lowest BCUT2D eigenvalue weighted by atomic mass is 10.1. The molecule has 2 rings (SSSR count). The van der Waals surface area contributed by atoms with Crippen LogP contribution in [0.5, 0.6) is 0 Å². The van der Waals surface area contributed by atoms with E-state index in [9.17, 15) is 4.79 Å². The summed E-state index contributed by atoms with van der Waals surface area (Å²) >= 11 is 7.73. The van der Waals surface area contributed by atoms with E-state index in [1.807, 2.05) is 39.8 Å². The van der Waals surface area contributed by atoms with E-state index in [2.05, 4.69) is 11.4 Å². The summed E-state index contributed by atoms with van der Waals surface area (Å²) in [6, 6.07) is 6.03. The molecule has 1 heterocycles. The minimum atomic E-state index is -0.257. The van der Waals surface area contributed by atoms with Gasteiger partial charge in [0.15, 0.2) is 0 Å². The molecule has 1 amide bonds. The van der Waals surface area contributed by atoms with Crippen LogP contribution in [0.3, 0.4) is 0 Å². The zero-order valence-corrected chi connectivity index (χ0v) is 12.5. The molecule has 0 bridgehead atoms. The Morgan fingerprint density at radius 3 is 2.61 bits per heavy atom. The number of carbonyl (C=O) groups is 1. The van der Waals surface area contributed by atoms with Crippen molar-refractivity contribution in [1.29, 1.82) is 0 Å². The minimum absolute atomic E-state index is 0.105. The fraction of sp³-hybridized carbons (Fsp3) is 0.357. The largest absolute Gasteiger partial charge is 0.347 e. The van der Waals surface area contributed by atoms with Gasteiger partial charge in [0, 0.05) is 15.6 Å². The Hall–Kier alpha value is -1.06. The third kappa shape index (κ3) is 2.68. The molecule has 0 saturated heterocycles. The highest BCUT2D eigenvalue weighted by Crippen LogP contribution is 2.35. The summed E-state index contributed by atoms with van der Waals surface area (Å²) in [4.78, 5) is 12.7. The van der Waals surface area contributed by atoms with Gasteiger partial charge in [-0.2, -0.15) is 0 Å². The summed E-state index contributed by atoms with van der Waals surface area (Å²) in [5.41, 5.74) is 0.912. The molecule has 0 unspecified atom stereocenters. The molecule has 1 aromatic carbocycles. The molecule has 1 N–H and O–H groups in total. The van der Waals surface area contributed by atoms with E-state index in [0.717, 1.165) is 10.1 Å². The van der Waals surface area contributed by atoms with Crippen LogP contribution in [0.2, 0.25) is 5.02 Å². The van der Waals surface area contributed by atoms with Crippen LogP contribution in [-0.4, -0.2) is 11.4 Å². The van der Waals surface area contributed by atoms with E-state index < -0.39 is 0 Å². The first kappa shape index (κ1) is 13.4. The molecule has 0 aliphatic rings. The fourth-order valence-electron chi connectivity index (χ4n) is 1.72. The molecule has 2 nitrogen and oxygen atoms in total. The highest BCUT2D eigenvalue weighted by Gasteiger charge is 2.21. The second kappa shape index (κ2) is 4.56. The molecule has 96 valence electrons. The topological polar surface area (TPSA) is 29.1 Å². The molecule has 18 heavy (non-hydrogen) atoms. The minimum Gasteiger partial charge on any atom is -0.347 e. The number of fused-ring (bicyclic) bond motifs is 1. The Bertz CT molecular complexity index is 610. The molecule has 0 radical (unpaired) electrons. The molecule has 2 aromatic rings. The van der Waals surface area contributed by atoms with Crippen molar-refractivity contribution in [1.82, 2.24) is 5.32 Å². The van der Waals surface area contributed by atoms with Gasteiger partial charge >= 0.3 is 0 Å². The predicted octanol–water partition coefficient (Wildman–Crippen LogP) is 4.39. The van der Waals surface area contributed by atoms with Crippen LogP contribution in [0.15, 0.2) is 18.2 Å². The number of benzene rings is 1. The second-order valence-corrected chi connectivity index (χ2v) is 6.88. The van der Waals surface area contributed by atoms with Gasteiger partial charge in [-0.1, -0.05) is 23.7 Å². The molecule has 0 aliphatic heterocycles. The van der Waals surface area contributed by atoms with Gasteiger partial charge in [-0.05, 0) is 39.3 Å². The van der Waals surface area contributed by atoms with Crippen LogP contribution in [0.25, 0.3) is 10.1 Å². The third-order valence-electron chi connectivity index (χ3n) is 2.48. The van der Waals surface area contributed by atoms with Crippen LogP contribution in [0.1, 0.15) is 36.0 Å². The second-order valence-electron chi connectivity index (χ2n) is 5.45. The summed E-state index contributed by atoms with van der Waals surface area (Å²) in [5, 5.41) is 4.44. The van der Waals surface area contributed by atoms with Gasteiger partial charge in [-0.3, -0.25) is 4.79 Å². The SMILES string of the molecule is Cc1ccc2c(Cl)c(C(=O)NC(C)(C)C)sc2c1. The average molecular weight is 282 g/mol. The van der Waals surface area contributed by atoms with Crippen LogP contribution in [0.4, 0.5) is 0 Å². The van der Waals surface area contributed by atoms with Crippen LogP contribution >= 0.6 is 22.9 Å². The van der Waals surface area contributed by atoms with Crippen LogP contribution < -0.4 is 5.32 Å². The zero-order chi connectivity index (χ0) is 13.5. The number of aryl methyl sites for hydroxylation is 1. The standard InChI is InChI=1S/C14H16ClNOS/c1-8-5-6-9-10(7-8)18-12(11(9)15)13(17)16-14(2,3)4/h5-7H,1-4H3,(H,16,17). The Morgan fingerprint density at radius 1 is 1.33 bits per heavy atom. The molecule has 0 aliphatic carbocycles. The Labute approximate surface area is 116 Å². The molecular weight excluding hydrogens is 266 g/mol. The predicted molar refractivity (Wildman–Crippen MR) is 78.8 cm³/mol. The van der Waals surface area contributed by atoms with Crippen molar-refractivity contribution in [2.45, 2.75) is 33.2 Å². The van der Waals surface area contributed by atoms with Crippen molar-refractivity contribution in [2.75, 3.05) is 0 Å². The third-order valence-corrected chi connectivity index (χ3v) is 4.14. The molecule has 4 heteroatoms. The van der Waals surface area contributed by atoms with E-state index in [1.165, 1.54) is 16.9 Å². The number of rotatable bonds is 1. The number of amides is 1. The highest BCUT2D eigenvalue weighted by atomic mass is 35.5. The molecule has 0 fully saturated rings. The van der Waals surface area contributed by atoms with E-state index in [1.54, 1.807) is 0 Å². The van der Waals surface area contributed by atoms with Crippen molar-refractivity contribution in [3.05, 3.63) is 33.7 Å². The van der Waals surface area contributed by atoms with Crippen molar-refractivity contribution in [3.8, 4) is 0 Å². The number of hydrogen-bond acceptors (Lipinski definition) is 2. The lowest BCUT2D eigenvalue weighted by molar-refractivity contribution is 0.0924. The summed E-state index contributed by atoms with van der Waals surface area (Å²) in [6.07, 6.45) is 0. The summed E-state index contributed by atoms with van der Waals surface area (Å²) in [6.45, 7) is 7.89. The number of carbonyl (C=O) groups excluding carboxylic acids is 1. The Balaban J connectivity index is 2.46. The van der Waals surface area contributed by atoms with Gasteiger partial charge in [-0.15, -0.1) is 11.3 Å². The quantitative estimate of drug-likeness (QED) is 0.825. The first-order chi connectivity index (χ1) is 8.28. The van der Waals surface area contributed by atoms with Gasteiger partial charge in [0.25, 0.3) is 5.91 Å². The van der Waals surface area contributed by atoms with Gasteiger partial charge in [0.05, 0.1) is 5.02 Å². The molecular formula is C14H16ClNOS. The Kier molecular flexibility index (Phi) is 3.39. The van der Waals surface area contributed by atoms with Gasteiger partial charge < -0.3 is 5.32 Å². The normalized spacial score (nSPS) is 11.8. The van der Waals surface area contributed by atoms with E-state index >= 15 is 0 Å². The maximum absolute atomic E-state index is 12.2. The van der Waals surface area contributed by atoms with Crippen LogP contribution in [-0.2, 0) is 0 Å². The summed E-state index contributed by atoms with van der Waals surface area (Å²) < 4.78 is 1.05. The summed E-state index contributed by atoms with van der Waals surface area (Å²) in [5.74, 6) is -0.105. The molecule has 0 atom stereocenters. The first-order valence-electron chi connectivity index (χ1n) is 5.79. The first-order valence-corrected chi connectivity index (χ1v) is 6.98. The lowest BCUT2D eigenvalue weighted by Crippen LogP contribution is -2.40. The maximum Gasteiger partial charge on any atom is 0.263 e. The van der Waals surface area contributed by atoms with E-state index in [0.29, 0.717) is 9.90 Å². The average Bonchev–Trinajstić information content (AvgIpc) is 2.53. The number of thiophene rings is 1. The van der Waals surface area contributed by atoms with Crippen molar-refractivity contribution < 1.29 is 4.79 Å². The van der Waals surface area contributed by atoms with Gasteiger partial charge in [0.1, 0.15) is 4.88 Å². The molecule has 1 aromatic heterocycles.